The van der Waals surface area contributed by atoms with Gasteiger partial charge in [0.1, 0.15) is 5.82 Å². The average Bonchev–Trinajstić information content (AvgIpc) is 2.38. The number of nitrogen functional groups attached to an aromatic ring is 1. The third kappa shape index (κ3) is 2.98. The lowest BCUT2D eigenvalue weighted by atomic mass is 10.1. The van der Waals surface area contributed by atoms with Crippen molar-refractivity contribution in [2.75, 3.05) is 11.1 Å². The molecule has 0 aliphatic carbocycles. The number of nitro groups is 1. The maximum atomic E-state index is 10.6. The summed E-state index contributed by atoms with van der Waals surface area (Å²) in [6.07, 6.45) is 0.936. The highest BCUT2D eigenvalue weighted by molar-refractivity contribution is 5.62. The number of benzene rings is 1. The zero-order valence-corrected chi connectivity index (χ0v) is 10.5. The second-order valence-electron chi connectivity index (χ2n) is 4.04. The molecule has 0 saturated carbocycles. The number of nitrogens with one attached hydrogen (secondary N) is 1. The Kier molecular flexibility index (Phi) is 3.61. The number of hydrogen-bond acceptors (Lipinski definition) is 5. The number of hydrogen-bond donors (Lipinski definition) is 2. The van der Waals surface area contributed by atoms with Crippen molar-refractivity contribution in [3.8, 4) is 0 Å². The van der Waals surface area contributed by atoms with E-state index in [9.17, 15) is 10.1 Å². The molecular weight excluding hydrogens is 244 g/mol. The molecule has 6 heteroatoms. The van der Waals surface area contributed by atoms with Crippen molar-refractivity contribution in [2.24, 2.45) is 0 Å². The van der Waals surface area contributed by atoms with Crippen LogP contribution in [0.2, 0.25) is 0 Å². The third-order valence-corrected chi connectivity index (χ3v) is 2.71. The van der Waals surface area contributed by atoms with Gasteiger partial charge in [-0.2, -0.15) is 0 Å². The highest BCUT2D eigenvalue weighted by Crippen LogP contribution is 2.23. The topological polar surface area (TPSA) is 94.1 Å². The van der Waals surface area contributed by atoms with Gasteiger partial charge in [0.05, 0.1) is 4.92 Å². The standard InChI is InChI=1S/C13H14N4O2/c1-2-9-4-3-5-10(8-9)15-12-7-6-11(17(18)19)13(14)16-12/h3-8H,2H2,1H3,(H3,14,15,16). The predicted octanol–water partition coefficient (Wildman–Crippen LogP) is 2.88. The SMILES string of the molecule is CCc1cccc(Nc2ccc([N+](=O)[O-])c(N)n2)c1. The molecule has 6 nitrogen and oxygen atoms in total. The molecule has 0 atom stereocenters. The molecule has 0 saturated heterocycles. The Labute approximate surface area is 110 Å². The average molecular weight is 258 g/mol. The molecule has 1 aromatic heterocycles. The molecule has 0 spiro atoms. The van der Waals surface area contributed by atoms with Crippen LogP contribution in [-0.4, -0.2) is 9.91 Å². The highest BCUT2D eigenvalue weighted by atomic mass is 16.6. The molecule has 2 rings (SSSR count). The Balaban J connectivity index is 2.23. The van der Waals surface area contributed by atoms with Gasteiger partial charge in [0.2, 0.25) is 5.82 Å². The summed E-state index contributed by atoms with van der Waals surface area (Å²) in [6, 6.07) is 10.7. The summed E-state index contributed by atoms with van der Waals surface area (Å²) in [7, 11) is 0. The van der Waals surface area contributed by atoms with E-state index in [0.29, 0.717) is 5.82 Å². The van der Waals surface area contributed by atoms with E-state index in [0.717, 1.165) is 12.1 Å². The molecule has 19 heavy (non-hydrogen) atoms. The van der Waals surface area contributed by atoms with Gasteiger partial charge in [-0.1, -0.05) is 19.1 Å². The van der Waals surface area contributed by atoms with Gasteiger partial charge in [-0.15, -0.1) is 0 Å². The first-order valence-electron chi connectivity index (χ1n) is 5.87. The van der Waals surface area contributed by atoms with Crippen LogP contribution in [0.1, 0.15) is 12.5 Å². The van der Waals surface area contributed by atoms with Crippen LogP contribution in [0.5, 0.6) is 0 Å². The molecule has 2 aromatic rings. The molecule has 1 heterocycles. The molecule has 0 aliphatic heterocycles. The maximum Gasteiger partial charge on any atom is 0.311 e. The van der Waals surface area contributed by atoms with Crippen LogP contribution >= 0.6 is 0 Å². The monoisotopic (exact) mass is 258 g/mol. The van der Waals surface area contributed by atoms with E-state index < -0.39 is 4.92 Å². The fourth-order valence-electron chi connectivity index (χ4n) is 1.71. The minimum absolute atomic E-state index is 0.0957. The van der Waals surface area contributed by atoms with Crippen molar-refractivity contribution in [2.45, 2.75) is 13.3 Å². The molecule has 0 radical (unpaired) electrons. The second kappa shape index (κ2) is 5.34. The summed E-state index contributed by atoms with van der Waals surface area (Å²) in [4.78, 5) is 14.1. The van der Waals surface area contributed by atoms with Gasteiger partial charge < -0.3 is 11.1 Å². The fraction of sp³-hybridized carbons (Fsp3) is 0.154. The van der Waals surface area contributed by atoms with E-state index in [1.54, 1.807) is 0 Å². The molecule has 1 aromatic carbocycles. The Hall–Kier alpha value is -2.63. The first-order chi connectivity index (χ1) is 9.10. The smallest absolute Gasteiger partial charge is 0.311 e. The molecular formula is C13H14N4O2. The summed E-state index contributed by atoms with van der Waals surface area (Å²) in [5, 5.41) is 13.7. The van der Waals surface area contributed by atoms with Crippen LogP contribution in [0.25, 0.3) is 0 Å². The number of nitrogens with zero attached hydrogens (tertiary/aromatic N) is 2. The largest absolute Gasteiger partial charge is 0.378 e. The van der Waals surface area contributed by atoms with Crippen LogP contribution in [0.4, 0.5) is 23.0 Å². The van der Waals surface area contributed by atoms with Crippen LogP contribution in [0.15, 0.2) is 36.4 Å². The Bertz CT molecular complexity index is 613. The number of anilines is 3. The van der Waals surface area contributed by atoms with E-state index in [-0.39, 0.29) is 11.5 Å². The van der Waals surface area contributed by atoms with Gasteiger partial charge >= 0.3 is 5.69 Å². The van der Waals surface area contributed by atoms with Crippen molar-refractivity contribution in [3.05, 3.63) is 52.1 Å². The normalized spacial score (nSPS) is 10.2. The van der Waals surface area contributed by atoms with E-state index in [1.165, 1.54) is 17.7 Å². The highest BCUT2D eigenvalue weighted by Gasteiger charge is 2.12. The summed E-state index contributed by atoms with van der Waals surface area (Å²) in [6.45, 7) is 2.07. The van der Waals surface area contributed by atoms with Crippen molar-refractivity contribution >= 4 is 23.0 Å². The van der Waals surface area contributed by atoms with Gasteiger partial charge in [-0.25, -0.2) is 4.98 Å². The zero-order valence-electron chi connectivity index (χ0n) is 10.5. The van der Waals surface area contributed by atoms with Crippen LogP contribution < -0.4 is 11.1 Å². The van der Waals surface area contributed by atoms with E-state index >= 15 is 0 Å². The molecule has 0 fully saturated rings. The lowest BCUT2D eigenvalue weighted by Gasteiger charge is -2.07. The van der Waals surface area contributed by atoms with E-state index in [4.69, 9.17) is 5.73 Å². The summed E-state index contributed by atoms with van der Waals surface area (Å²) in [5.74, 6) is 0.387. The van der Waals surface area contributed by atoms with Gasteiger partial charge in [0, 0.05) is 11.8 Å². The van der Waals surface area contributed by atoms with Crippen LogP contribution in [0, 0.1) is 10.1 Å². The lowest BCUT2D eigenvalue weighted by Crippen LogP contribution is -2.01. The predicted molar refractivity (Wildman–Crippen MR) is 74.4 cm³/mol. The van der Waals surface area contributed by atoms with Crippen molar-refractivity contribution < 1.29 is 4.92 Å². The van der Waals surface area contributed by atoms with Gasteiger partial charge in [-0.05, 0) is 30.2 Å². The van der Waals surface area contributed by atoms with Gasteiger partial charge in [-0.3, -0.25) is 10.1 Å². The quantitative estimate of drug-likeness (QED) is 0.649. The van der Waals surface area contributed by atoms with Crippen molar-refractivity contribution in [3.63, 3.8) is 0 Å². The first-order valence-corrected chi connectivity index (χ1v) is 5.87. The van der Waals surface area contributed by atoms with Gasteiger partial charge in [0.25, 0.3) is 0 Å². The summed E-state index contributed by atoms with van der Waals surface area (Å²) >= 11 is 0. The van der Waals surface area contributed by atoms with E-state index in [2.05, 4.69) is 17.2 Å². The molecule has 3 N–H and O–H groups in total. The maximum absolute atomic E-state index is 10.6. The number of aromatic nitrogens is 1. The van der Waals surface area contributed by atoms with E-state index in [1.807, 2.05) is 24.3 Å². The van der Waals surface area contributed by atoms with Crippen molar-refractivity contribution in [1.29, 1.82) is 0 Å². The minimum atomic E-state index is -0.552. The van der Waals surface area contributed by atoms with Crippen molar-refractivity contribution in [1.82, 2.24) is 4.98 Å². The summed E-state index contributed by atoms with van der Waals surface area (Å²) in [5.41, 5.74) is 7.42. The molecule has 0 unspecified atom stereocenters. The third-order valence-electron chi connectivity index (χ3n) is 2.71. The number of rotatable bonds is 4. The Morgan fingerprint density at radius 3 is 2.79 bits per heavy atom. The lowest BCUT2D eigenvalue weighted by molar-refractivity contribution is -0.384. The Morgan fingerprint density at radius 2 is 2.16 bits per heavy atom. The zero-order chi connectivity index (χ0) is 13.8. The molecule has 0 bridgehead atoms. The van der Waals surface area contributed by atoms with Crippen LogP contribution in [-0.2, 0) is 6.42 Å². The number of pyridine rings is 1. The molecule has 0 aliphatic rings. The van der Waals surface area contributed by atoms with Crippen LogP contribution in [0.3, 0.4) is 0 Å². The Morgan fingerprint density at radius 1 is 1.37 bits per heavy atom. The second-order valence-corrected chi connectivity index (χ2v) is 4.04. The molecule has 98 valence electrons. The number of nitrogens with two attached hydrogens (primary N) is 1. The van der Waals surface area contributed by atoms with Gasteiger partial charge in [0.15, 0.2) is 0 Å². The first kappa shape index (κ1) is 12.8. The number of aryl methyl sites for hydroxylation is 1. The minimum Gasteiger partial charge on any atom is -0.378 e. The summed E-state index contributed by atoms with van der Waals surface area (Å²) < 4.78 is 0. The fourth-order valence-corrected chi connectivity index (χ4v) is 1.71. The molecule has 0 amide bonds.